The second kappa shape index (κ2) is 4.88. The van der Waals surface area contributed by atoms with Crippen LogP contribution in [0.25, 0.3) is 0 Å². The number of benzene rings is 1. The van der Waals surface area contributed by atoms with E-state index in [2.05, 4.69) is 5.16 Å². The lowest BCUT2D eigenvalue weighted by atomic mass is 10.2. The lowest BCUT2D eigenvalue weighted by Crippen LogP contribution is -2.13. The van der Waals surface area contributed by atoms with Crippen LogP contribution in [-0.2, 0) is 0 Å². The number of oxime groups is 1. The van der Waals surface area contributed by atoms with E-state index in [4.69, 9.17) is 15.7 Å². The number of amidine groups is 1. The van der Waals surface area contributed by atoms with Gasteiger partial charge in [-0.2, -0.15) is 0 Å². The summed E-state index contributed by atoms with van der Waals surface area (Å²) in [4.78, 5) is 0. The van der Waals surface area contributed by atoms with Crippen LogP contribution in [-0.4, -0.2) is 17.1 Å². The first-order valence-corrected chi connectivity index (χ1v) is 5.54. The van der Waals surface area contributed by atoms with Crippen molar-refractivity contribution in [2.45, 2.75) is 31.8 Å². The van der Waals surface area contributed by atoms with Gasteiger partial charge in [0.05, 0.1) is 6.10 Å². The molecule has 4 nitrogen and oxygen atoms in total. The van der Waals surface area contributed by atoms with E-state index in [1.807, 2.05) is 12.1 Å². The zero-order valence-electron chi connectivity index (χ0n) is 9.10. The number of ether oxygens (including phenoxy) is 1. The van der Waals surface area contributed by atoms with Crippen LogP contribution in [0.15, 0.2) is 29.4 Å². The molecule has 0 bridgehead atoms. The van der Waals surface area contributed by atoms with Crippen LogP contribution in [0.3, 0.4) is 0 Å². The minimum Gasteiger partial charge on any atom is -0.490 e. The van der Waals surface area contributed by atoms with Gasteiger partial charge >= 0.3 is 0 Å². The van der Waals surface area contributed by atoms with Gasteiger partial charge in [-0.25, -0.2) is 0 Å². The molecule has 0 aliphatic heterocycles. The molecule has 1 aromatic rings. The van der Waals surface area contributed by atoms with Crippen LogP contribution in [0.1, 0.15) is 31.2 Å². The van der Waals surface area contributed by atoms with Crippen molar-refractivity contribution in [3.05, 3.63) is 29.8 Å². The second-order valence-corrected chi connectivity index (χ2v) is 4.03. The fourth-order valence-electron chi connectivity index (χ4n) is 1.96. The molecule has 0 radical (unpaired) electrons. The van der Waals surface area contributed by atoms with Crippen molar-refractivity contribution in [3.63, 3.8) is 0 Å². The minimum atomic E-state index is 0.118. The molecule has 0 saturated heterocycles. The third kappa shape index (κ3) is 2.45. The first kappa shape index (κ1) is 10.8. The highest BCUT2D eigenvalue weighted by molar-refractivity contribution is 5.97. The summed E-state index contributed by atoms with van der Waals surface area (Å²) in [6, 6.07) is 7.29. The molecule has 1 aliphatic rings. The summed E-state index contributed by atoms with van der Waals surface area (Å²) >= 11 is 0. The van der Waals surface area contributed by atoms with Crippen molar-refractivity contribution in [2.24, 2.45) is 10.9 Å². The maximum Gasteiger partial charge on any atom is 0.170 e. The van der Waals surface area contributed by atoms with Gasteiger partial charge in [-0.1, -0.05) is 5.16 Å². The van der Waals surface area contributed by atoms with E-state index in [9.17, 15) is 0 Å². The molecule has 0 unspecified atom stereocenters. The van der Waals surface area contributed by atoms with E-state index >= 15 is 0 Å². The largest absolute Gasteiger partial charge is 0.490 e. The Kier molecular flexibility index (Phi) is 3.29. The highest BCUT2D eigenvalue weighted by Gasteiger charge is 2.16. The topological polar surface area (TPSA) is 67.8 Å². The molecule has 2 rings (SSSR count). The fraction of sp³-hybridized carbons (Fsp3) is 0.417. The van der Waals surface area contributed by atoms with Crippen molar-refractivity contribution in [3.8, 4) is 5.75 Å². The molecule has 1 aromatic carbocycles. The van der Waals surface area contributed by atoms with Crippen molar-refractivity contribution >= 4 is 5.84 Å². The van der Waals surface area contributed by atoms with E-state index in [1.165, 1.54) is 12.8 Å². The lowest BCUT2D eigenvalue weighted by Gasteiger charge is -2.12. The standard InChI is InChI=1S/C12H16N2O2/c13-12(14-15)9-5-7-11(8-6-9)16-10-3-1-2-4-10/h5-8,10,15H,1-4H2,(H2,13,14). The van der Waals surface area contributed by atoms with Gasteiger partial charge in [-0.3, -0.25) is 0 Å². The summed E-state index contributed by atoms with van der Waals surface area (Å²) in [5.74, 6) is 0.966. The summed E-state index contributed by atoms with van der Waals surface area (Å²) in [7, 11) is 0. The third-order valence-corrected chi connectivity index (χ3v) is 2.86. The van der Waals surface area contributed by atoms with Gasteiger partial charge in [0.1, 0.15) is 5.75 Å². The first-order valence-electron chi connectivity index (χ1n) is 5.54. The predicted octanol–water partition coefficient (Wildman–Crippen LogP) is 2.10. The van der Waals surface area contributed by atoms with Crippen LogP contribution >= 0.6 is 0 Å². The number of hydrogen-bond acceptors (Lipinski definition) is 3. The second-order valence-electron chi connectivity index (χ2n) is 4.03. The van der Waals surface area contributed by atoms with Crippen LogP contribution in [0.4, 0.5) is 0 Å². The van der Waals surface area contributed by atoms with Crippen molar-refractivity contribution in [1.82, 2.24) is 0 Å². The Morgan fingerprint density at radius 3 is 2.44 bits per heavy atom. The number of rotatable bonds is 3. The Hall–Kier alpha value is -1.71. The van der Waals surface area contributed by atoms with Crippen molar-refractivity contribution in [1.29, 1.82) is 0 Å². The van der Waals surface area contributed by atoms with Gasteiger partial charge in [0.25, 0.3) is 0 Å². The minimum absolute atomic E-state index is 0.118. The number of hydrogen-bond donors (Lipinski definition) is 2. The summed E-state index contributed by atoms with van der Waals surface area (Å²) in [6.45, 7) is 0. The molecular formula is C12H16N2O2. The Morgan fingerprint density at radius 2 is 1.88 bits per heavy atom. The summed E-state index contributed by atoms with van der Waals surface area (Å²) < 4.78 is 5.80. The Balaban J connectivity index is 2.01. The van der Waals surface area contributed by atoms with E-state index in [1.54, 1.807) is 12.1 Å². The van der Waals surface area contributed by atoms with Gasteiger partial charge in [-0.05, 0) is 49.9 Å². The average molecular weight is 220 g/mol. The molecule has 1 fully saturated rings. The van der Waals surface area contributed by atoms with Gasteiger partial charge in [0.2, 0.25) is 0 Å². The lowest BCUT2D eigenvalue weighted by molar-refractivity contribution is 0.210. The molecule has 0 spiro atoms. The smallest absolute Gasteiger partial charge is 0.170 e. The molecule has 0 atom stereocenters. The van der Waals surface area contributed by atoms with E-state index in [0.29, 0.717) is 11.7 Å². The van der Waals surface area contributed by atoms with Gasteiger partial charge in [0, 0.05) is 5.56 Å². The Morgan fingerprint density at radius 1 is 1.25 bits per heavy atom. The van der Waals surface area contributed by atoms with E-state index in [-0.39, 0.29) is 5.84 Å². The fourth-order valence-corrected chi connectivity index (χ4v) is 1.96. The molecule has 1 saturated carbocycles. The summed E-state index contributed by atoms with van der Waals surface area (Å²) in [5, 5.41) is 11.5. The average Bonchev–Trinajstić information content (AvgIpc) is 2.82. The molecule has 0 amide bonds. The Bertz CT molecular complexity index is 367. The molecule has 86 valence electrons. The van der Waals surface area contributed by atoms with Gasteiger partial charge in [-0.15, -0.1) is 0 Å². The zero-order valence-corrected chi connectivity index (χ0v) is 9.10. The van der Waals surface area contributed by atoms with Gasteiger partial charge in [0.15, 0.2) is 5.84 Å². The molecule has 0 aromatic heterocycles. The monoisotopic (exact) mass is 220 g/mol. The third-order valence-electron chi connectivity index (χ3n) is 2.86. The zero-order chi connectivity index (χ0) is 11.4. The van der Waals surface area contributed by atoms with Gasteiger partial charge < -0.3 is 15.7 Å². The molecule has 4 heteroatoms. The van der Waals surface area contributed by atoms with Crippen LogP contribution in [0.5, 0.6) is 5.75 Å². The number of nitrogens with zero attached hydrogens (tertiary/aromatic N) is 1. The van der Waals surface area contributed by atoms with E-state index in [0.717, 1.165) is 18.6 Å². The van der Waals surface area contributed by atoms with E-state index < -0.39 is 0 Å². The maximum atomic E-state index is 8.52. The molecule has 0 heterocycles. The summed E-state index contributed by atoms with van der Waals surface area (Å²) in [6.07, 6.45) is 5.15. The van der Waals surface area contributed by atoms with Crippen LogP contribution < -0.4 is 10.5 Å². The van der Waals surface area contributed by atoms with Crippen molar-refractivity contribution < 1.29 is 9.94 Å². The highest BCUT2D eigenvalue weighted by atomic mass is 16.5. The molecule has 1 aliphatic carbocycles. The van der Waals surface area contributed by atoms with Crippen molar-refractivity contribution in [2.75, 3.05) is 0 Å². The van der Waals surface area contributed by atoms with Crippen LogP contribution in [0, 0.1) is 0 Å². The molecular weight excluding hydrogens is 204 g/mol. The summed E-state index contributed by atoms with van der Waals surface area (Å²) in [5.41, 5.74) is 6.16. The number of nitrogens with two attached hydrogens (primary N) is 1. The SMILES string of the molecule is NC(=NO)c1ccc(OC2CCCC2)cc1. The predicted molar refractivity (Wildman–Crippen MR) is 61.8 cm³/mol. The quantitative estimate of drug-likeness (QED) is 0.355. The maximum absolute atomic E-state index is 8.52. The first-order chi connectivity index (χ1) is 7.79. The highest BCUT2D eigenvalue weighted by Crippen LogP contribution is 2.24. The normalized spacial score (nSPS) is 17.6. The van der Waals surface area contributed by atoms with Crippen LogP contribution in [0.2, 0.25) is 0 Å². The Labute approximate surface area is 94.7 Å². The molecule has 16 heavy (non-hydrogen) atoms. The molecule has 3 N–H and O–H groups in total.